The smallest absolute Gasteiger partial charge is 0.0580 e. The van der Waals surface area contributed by atoms with E-state index in [0.717, 1.165) is 31.4 Å². The molecule has 2 unspecified atom stereocenters. The molecule has 1 aliphatic rings. The predicted molar refractivity (Wildman–Crippen MR) is 69.5 cm³/mol. The maximum absolute atomic E-state index is 9.65. The monoisotopic (exact) mass is 229 g/mol. The largest absolute Gasteiger partial charge is 0.393 e. The van der Waals surface area contributed by atoms with Crippen molar-refractivity contribution in [2.75, 3.05) is 13.1 Å². The summed E-state index contributed by atoms with van der Waals surface area (Å²) in [5.74, 6) is 6.63. The van der Waals surface area contributed by atoms with Gasteiger partial charge in [-0.25, -0.2) is 0 Å². The Morgan fingerprint density at radius 2 is 2.06 bits per heavy atom. The van der Waals surface area contributed by atoms with Crippen LogP contribution in [0, 0.1) is 17.8 Å². The van der Waals surface area contributed by atoms with Crippen molar-refractivity contribution in [3.8, 4) is 11.8 Å². The fraction of sp³-hybridized carbons (Fsp3) is 0.467. The van der Waals surface area contributed by atoms with Gasteiger partial charge >= 0.3 is 0 Å². The Kier molecular flexibility index (Phi) is 4.61. The van der Waals surface area contributed by atoms with Gasteiger partial charge in [-0.2, -0.15) is 0 Å². The van der Waals surface area contributed by atoms with Crippen LogP contribution < -0.4 is 5.32 Å². The molecular formula is C15H19NO. The highest BCUT2D eigenvalue weighted by Gasteiger charge is 2.24. The predicted octanol–water partition coefficient (Wildman–Crippen LogP) is 1.79. The summed E-state index contributed by atoms with van der Waals surface area (Å²) in [4.78, 5) is 0. The number of rotatable bonds is 3. The molecule has 0 radical (unpaired) electrons. The van der Waals surface area contributed by atoms with Crippen molar-refractivity contribution in [1.29, 1.82) is 0 Å². The summed E-state index contributed by atoms with van der Waals surface area (Å²) in [7, 11) is 0. The Hall–Kier alpha value is -1.30. The van der Waals surface area contributed by atoms with Gasteiger partial charge in [-0.15, -0.1) is 0 Å². The van der Waals surface area contributed by atoms with Crippen molar-refractivity contribution in [1.82, 2.24) is 5.32 Å². The van der Waals surface area contributed by atoms with E-state index in [0.29, 0.717) is 12.5 Å². The minimum atomic E-state index is -0.107. The number of aliphatic hydroxyl groups excluding tert-OH is 1. The number of aliphatic hydroxyl groups is 1. The summed E-state index contributed by atoms with van der Waals surface area (Å²) >= 11 is 0. The van der Waals surface area contributed by atoms with Gasteiger partial charge in [-0.1, -0.05) is 36.5 Å². The molecule has 1 aromatic rings. The zero-order valence-corrected chi connectivity index (χ0v) is 10.0. The Morgan fingerprint density at radius 1 is 1.24 bits per heavy atom. The Bertz CT molecular complexity index is 390. The van der Waals surface area contributed by atoms with Crippen molar-refractivity contribution >= 4 is 0 Å². The van der Waals surface area contributed by atoms with Gasteiger partial charge in [0.15, 0.2) is 0 Å². The van der Waals surface area contributed by atoms with E-state index in [-0.39, 0.29) is 6.10 Å². The van der Waals surface area contributed by atoms with E-state index in [4.69, 9.17) is 0 Å². The van der Waals surface area contributed by atoms with E-state index < -0.39 is 0 Å². The van der Waals surface area contributed by atoms with Crippen LogP contribution in [-0.4, -0.2) is 24.3 Å². The summed E-state index contributed by atoms with van der Waals surface area (Å²) in [6, 6.07) is 9.99. The maximum Gasteiger partial charge on any atom is 0.0580 e. The molecule has 1 aliphatic carbocycles. The Balaban J connectivity index is 1.68. The molecule has 1 aromatic carbocycles. The van der Waals surface area contributed by atoms with Crippen LogP contribution in [0.2, 0.25) is 0 Å². The van der Waals surface area contributed by atoms with Crippen LogP contribution in [-0.2, 0) is 0 Å². The molecule has 0 aliphatic heterocycles. The van der Waals surface area contributed by atoms with E-state index in [1.165, 1.54) is 0 Å². The molecule has 0 amide bonds. The maximum atomic E-state index is 9.65. The molecule has 0 bridgehead atoms. The Morgan fingerprint density at radius 3 is 2.76 bits per heavy atom. The van der Waals surface area contributed by atoms with Gasteiger partial charge < -0.3 is 10.4 Å². The highest BCUT2D eigenvalue weighted by atomic mass is 16.3. The Labute approximate surface area is 103 Å². The number of hydrogen-bond acceptors (Lipinski definition) is 2. The van der Waals surface area contributed by atoms with Crippen molar-refractivity contribution in [2.45, 2.75) is 25.4 Å². The van der Waals surface area contributed by atoms with Gasteiger partial charge in [0.2, 0.25) is 0 Å². The quantitative estimate of drug-likeness (QED) is 0.612. The van der Waals surface area contributed by atoms with Gasteiger partial charge in [0.05, 0.1) is 12.6 Å². The van der Waals surface area contributed by atoms with Gasteiger partial charge in [-0.3, -0.25) is 0 Å². The highest BCUT2D eigenvalue weighted by molar-refractivity contribution is 5.33. The first-order chi connectivity index (χ1) is 8.36. The zero-order chi connectivity index (χ0) is 11.9. The first-order valence-electron chi connectivity index (χ1n) is 6.29. The van der Waals surface area contributed by atoms with E-state index in [9.17, 15) is 5.11 Å². The average Bonchev–Trinajstić information content (AvgIpc) is 2.76. The van der Waals surface area contributed by atoms with Gasteiger partial charge in [0, 0.05) is 12.1 Å². The lowest BCUT2D eigenvalue weighted by atomic mass is 10.1. The minimum absolute atomic E-state index is 0.107. The lowest BCUT2D eigenvalue weighted by Gasteiger charge is -2.13. The van der Waals surface area contributed by atoms with Crippen molar-refractivity contribution in [3.63, 3.8) is 0 Å². The third kappa shape index (κ3) is 3.89. The zero-order valence-electron chi connectivity index (χ0n) is 10.0. The second kappa shape index (κ2) is 6.44. The molecule has 0 heterocycles. The molecule has 1 fully saturated rings. The molecule has 90 valence electrons. The van der Waals surface area contributed by atoms with Crippen LogP contribution in [0.4, 0.5) is 0 Å². The van der Waals surface area contributed by atoms with E-state index in [2.05, 4.69) is 17.2 Å². The van der Waals surface area contributed by atoms with Crippen molar-refractivity contribution < 1.29 is 5.11 Å². The fourth-order valence-electron chi connectivity index (χ4n) is 2.24. The van der Waals surface area contributed by atoms with Crippen molar-refractivity contribution in [3.05, 3.63) is 35.9 Å². The summed E-state index contributed by atoms with van der Waals surface area (Å²) < 4.78 is 0. The van der Waals surface area contributed by atoms with Crippen LogP contribution in [0.15, 0.2) is 30.3 Å². The van der Waals surface area contributed by atoms with Crippen LogP contribution in [0.1, 0.15) is 24.8 Å². The van der Waals surface area contributed by atoms with Gasteiger partial charge in [-0.05, 0) is 30.9 Å². The first kappa shape index (κ1) is 12.2. The molecule has 2 heteroatoms. The summed E-state index contributed by atoms with van der Waals surface area (Å²) in [5.41, 5.74) is 1.05. The second-order valence-electron chi connectivity index (χ2n) is 4.56. The first-order valence-corrected chi connectivity index (χ1v) is 6.29. The number of benzene rings is 1. The summed E-state index contributed by atoms with van der Waals surface area (Å²) in [5, 5.41) is 12.9. The van der Waals surface area contributed by atoms with Gasteiger partial charge in [0.25, 0.3) is 0 Å². The third-order valence-corrected chi connectivity index (χ3v) is 3.25. The lowest BCUT2D eigenvalue weighted by molar-refractivity contribution is 0.132. The van der Waals surface area contributed by atoms with E-state index in [1.54, 1.807) is 0 Å². The number of nitrogens with one attached hydrogen (secondary N) is 1. The topological polar surface area (TPSA) is 32.3 Å². The standard InChI is InChI=1S/C15H19NO/c17-15-10-4-9-14(15)12-16-11-5-8-13-6-2-1-3-7-13/h1-3,6-7,14-17H,4,9-12H2. The fourth-order valence-corrected chi connectivity index (χ4v) is 2.24. The van der Waals surface area contributed by atoms with Gasteiger partial charge in [0.1, 0.15) is 0 Å². The molecule has 1 saturated carbocycles. The second-order valence-corrected chi connectivity index (χ2v) is 4.56. The molecule has 0 saturated heterocycles. The van der Waals surface area contributed by atoms with E-state index in [1.807, 2.05) is 30.3 Å². The third-order valence-electron chi connectivity index (χ3n) is 3.25. The lowest BCUT2D eigenvalue weighted by Crippen LogP contribution is -2.27. The molecule has 2 N–H and O–H groups in total. The average molecular weight is 229 g/mol. The molecular weight excluding hydrogens is 210 g/mol. The number of hydrogen-bond donors (Lipinski definition) is 2. The normalized spacial score (nSPS) is 23.1. The van der Waals surface area contributed by atoms with Crippen LogP contribution >= 0.6 is 0 Å². The SMILES string of the molecule is OC1CCCC1CNCC#Cc1ccccc1. The molecule has 0 aromatic heterocycles. The van der Waals surface area contributed by atoms with Crippen LogP contribution in [0.25, 0.3) is 0 Å². The van der Waals surface area contributed by atoms with Crippen LogP contribution in [0.3, 0.4) is 0 Å². The molecule has 0 spiro atoms. The minimum Gasteiger partial charge on any atom is -0.393 e. The molecule has 2 atom stereocenters. The molecule has 17 heavy (non-hydrogen) atoms. The van der Waals surface area contributed by atoms with E-state index >= 15 is 0 Å². The van der Waals surface area contributed by atoms with Crippen LogP contribution in [0.5, 0.6) is 0 Å². The highest BCUT2D eigenvalue weighted by Crippen LogP contribution is 2.24. The summed E-state index contributed by atoms with van der Waals surface area (Å²) in [6.07, 6.45) is 3.15. The molecule has 2 rings (SSSR count). The van der Waals surface area contributed by atoms with Crippen molar-refractivity contribution in [2.24, 2.45) is 5.92 Å². The summed E-state index contributed by atoms with van der Waals surface area (Å²) in [6.45, 7) is 1.57. The molecule has 2 nitrogen and oxygen atoms in total.